The average molecular weight is 269 g/mol. The van der Waals surface area contributed by atoms with E-state index in [9.17, 15) is 8.42 Å². The van der Waals surface area contributed by atoms with Gasteiger partial charge in [0.25, 0.3) is 10.0 Å². The van der Waals surface area contributed by atoms with Crippen LogP contribution in [0.5, 0.6) is 0 Å². The average Bonchev–Trinajstić information content (AvgIpc) is 2.58. The molecule has 2 aromatic rings. The molecule has 0 aliphatic carbocycles. The van der Waals surface area contributed by atoms with Crippen LogP contribution in [0.25, 0.3) is 0 Å². The second-order valence-corrected chi connectivity index (χ2v) is 6.17. The molecule has 0 N–H and O–H groups in total. The molecule has 0 unspecified atom stereocenters. The largest absolute Gasteiger partial charge is 0.285 e. The van der Waals surface area contributed by atoms with Gasteiger partial charge in [-0.2, -0.15) is 13.5 Å². The molecule has 0 aliphatic rings. The Morgan fingerprint density at radius 2 is 1.94 bits per heavy atom. The number of hydrogen-bond acceptors (Lipinski definition) is 4. The number of aryl methyl sites for hydroxylation is 2. The maximum absolute atomic E-state index is 12.0. The van der Waals surface area contributed by atoms with Crippen LogP contribution >= 0.6 is 11.3 Å². The topological polar surface area (TPSA) is 64.3 Å². The van der Waals surface area contributed by atoms with Crippen molar-refractivity contribution in [2.45, 2.75) is 11.8 Å². The summed E-state index contributed by atoms with van der Waals surface area (Å²) in [6.45, 7) is 1.80. The molecule has 1 aromatic carbocycles. The summed E-state index contributed by atoms with van der Waals surface area (Å²) in [5, 5.41) is 4.84. The maximum Gasteiger partial charge on any atom is 0.285 e. The van der Waals surface area contributed by atoms with Gasteiger partial charge in [0.2, 0.25) is 4.80 Å². The molecule has 2 rings (SSSR count). The van der Waals surface area contributed by atoms with E-state index in [2.05, 4.69) is 9.50 Å². The van der Waals surface area contributed by atoms with Crippen molar-refractivity contribution in [3.8, 4) is 0 Å². The first-order valence-electron chi connectivity index (χ1n) is 4.86. The fourth-order valence-corrected chi connectivity index (χ4v) is 3.27. The molecular formula is C10H11N3O2S2. The Morgan fingerprint density at radius 3 is 2.47 bits per heavy atom. The van der Waals surface area contributed by atoms with Crippen molar-refractivity contribution in [1.82, 2.24) is 9.78 Å². The van der Waals surface area contributed by atoms with Gasteiger partial charge in [-0.05, 0) is 19.1 Å². The van der Waals surface area contributed by atoms with Crippen molar-refractivity contribution in [3.63, 3.8) is 0 Å². The monoisotopic (exact) mass is 269 g/mol. The van der Waals surface area contributed by atoms with Crippen LogP contribution in [0.15, 0.2) is 39.6 Å². The van der Waals surface area contributed by atoms with Crippen molar-refractivity contribution in [2.75, 3.05) is 0 Å². The Morgan fingerprint density at radius 1 is 1.29 bits per heavy atom. The summed E-state index contributed by atoms with van der Waals surface area (Å²) in [6.07, 6.45) is 0. The lowest BCUT2D eigenvalue weighted by Gasteiger charge is -1.96. The third kappa shape index (κ3) is 2.62. The van der Waals surface area contributed by atoms with Gasteiger partial charge in [-0.1, -0.05) is 29.5 Å². The molecular weight excluding hydrogens is 258 g/mol. The Hall–Kier alpha value is -1.47. The molecule has 5 nitrogen and oxygen atoms in total. The van der Waals surface area contributed by atoms with Gasteiger partial charge in [-0.3, -0.25) is 0 Å². The zero-order valence-electron chi connectivity index (χ0n) is 9.36. The number of benzene rings is 1. The van der Waals surface area contributed by atoms with Crippen LogP contribution in [-0.4, -0.2) is 18.2 Å². The van der Waals surface area contributed by atoms with E-state index in [1.165, 1.54) is 28.2 Å². The summed E-state index contributed by atoms with van der Waals surface area (Å²) in [7, 11) is -1.98. The third-order valence-electron chi connectivity index (χ3n) is 2.05. The number of rotatable bonds is 2. The Kier molecular flexibility index (Phi) is 3.12. The van der Waals surface area contributed by atoms with E-state index < -0.39 is 10.0 Å². The minimum absolute atomic E-state index is 0.186. The molecule has 0 atom stereocenters. The van der Waals surface area contributed by atoms with E-state index in [0.717, 1.165) is 5.01 Å². The summed E-state index contributed by atoms with van der Waals surface area (Å²) >= 11 is 1.24. The summed E-state index contributed by atoms with van der Waals surface area (Å²) < 4.78 is 29.2. The van der Waals surface area contributed by atoms with Crippen LogP contribution in [0, 0.1) is 6.92 Å². The van der Waals surface area contributed by atoms with Crippen molar-refractivity contribution in [2.24, 2.45) is 11.4 Å². The molecule has 1 aromatic heterocycles. The van der Waals surface area contributed by atoms with Gasteiger partial charge in [0.15, 0.2) is 0 Å². The van der Waals surface area contributed by atoms with Crippen LogP contribution in [0.4, 0.5) is 0 Å². The summed E-state index contributed by atoms with van der Waals surface area (Å²) in [5.74, 6) is 0. The van der Waals surface area contributed by atoms with Crippen LogP contribution < -0.4 is 4.80 Å². The molecule has 0 spiro atoms. The number of aromatic nitrogens is 2. The Labute approximate surface area is 103 Å². The zero-order chi connectivity index (χ0) is 12.5. The van der Waals surface area contributed by atoms with Gasteiger partial charge in [-0.15, -0.1) is 4.40 Å². The fraction of sp³-hybridized carbons (Fsp3) is 0.200. The molecule has 0 saturated carbocycles. The first kappa shape index (κ1) is 12.0. The van der Waals surface area contributed by atoms with Crippen molar-refractivity contribution in [3.05, 3.63) is 40.1 Å². The van der Waals surface area contributed by atoms with E-state index in [0.29, 0.717) is 4.80 Å². The van der Waals surface area contributed by atoms with Crippen LogP contribution in [-0.2, 0) is 17.1 Å². The molecule has 0 saturated heterocycles. The normalized spacial score (nSPS) is 12.9. The summed E-state index contributed by atoms with van der Waals surface area (Å²) in [6, 6.07) is 8.13. The summed E-state index contributed by atoms with van der Waals surface area (Å²) in [5.41, 5.74) is 0. The SMILES string of the molecule is Cc1nn(C)/c(=N\S(=O)(=O)c2ccccc2)s1. The molecule has 90 valence electrons. The van der Waals surface area contributed by atoms with Crippen molar-refractivity contribution < 1.29 is 8.42 Å². The van der Waals surface area contributed by atoms with Gasteiger partial charge in [-0.25, -0.2) is 4.68 Å². The van der Waals surface area contributed by atoms with Crippen LogP contribution in [0.3, 0.4) is 0 Å². The lowest BCUT2D eigenvalue weighted by Crippen LogP contribution is -2.14. The van der Waals surface area contributed by atoms with E-state index in [1.807, 2.05) is 0 Å². The molecule has 1 heterocycles. The minimum atomic E-state index is -3.65. The highest BCUT2D eigenvalue weighted by atomic mass is 32.2. The van der Waals surface area contributed by atoms with Gasteiger partial charge in [0.1, 0.15) is 5.01 Å². The van der Waals surface area contributed by atoms with Crippen molar-refractivity contribution in [1.29, 1.82) is 0 Å². The van der Waals surface area contributed by atoms with E-state index >= 15 is 0 Å². The minimum Gasteiger partial charge on any atom is -0.241 e. The lowest BCUT2D eigenvalue weighted by atomic mass is 10.4. The van der Waals surface area contributed by atoms with Crippen molar-refractivity contribution >= 4 is 21.4 Å². The maximum atomic E-state index is 12.0. The number of nitrogens with zero attached hydrogens (tertiary/aromatic N) is 3. The third-order valence-corrected chi connectivity index (χ3v) is 4.36. The quantitative estimate of drug-likeness (QED) is 0.819. The Balaban J connectivity index is 2.56. The second-order valence-electron chi connectivity index (χ2n) is 3.41. The highest BCUT2D eigenvalue weighted by Crippen LogP contribution is 2.10. The molecule has 7 heteroatoms. The van der Waals surface area contributed by atoms with Gasteiger partial charge >= 0.3 is 0 Å². The molecule has 0 amide bonds. The molecule has 0 bridgehead atoms. The van der Waals surface area contributed by atoms with E-state index in [4.69, 9.17) is 0 Å². The number of hydrogen-bond donors (Lipinski definition) is 0. The second kappa shape index (κ2) is 4.42. The van der Waals surface area contributed by atoms with E-state index in [-0.39, 0.29) is 4.90 Å². The predicted octanol–water partition coefficient (Wildman–Crippen LogP) is 1.08. The standard InChI is InChI=1S/C10H11N3O2S2/c1-8-11-13(2)10(16-8)12-17(14,15)9-6-4-3-5-7-9/h3-7H,1-2H3/b12-10+. The first-order chi connectivity index (χ1) is 7.99. The van der Waals surface area contributed by atoms with Gasteiger partial charge < -0.3 is 0 Å². The van der Waals surface area contributed by atoms with Crippen LogP contribution in [0.1, 0.15) is 5.01 Å². The number of sulfonamides is 1. The summed E-state index contributed by atoms with van der Waals surface area (Å²) in [4.78, 5) is 0.553. The Bertz CT molecular complexity index is 684. The molecule has 0 fully saturated rings. The van der Waals surface area contributed by atoms with Crippen LogP contribution in [0.2, 0.25) is 0 Å². The molecule has 0 radical (unpaired) electrons. The van der Waals surface area contributed by atoms with E-state index in [1.54, 1.807) is 32.2 Å². The van der Waals surface area contributed by atoms with Gasteiger partial charge in [0.05, 0.1) is 4.90 Å². The lowest BCUT2D eigenvalue weighted by molar-refractivity contribution is 0.595. The smallest absolute Gasteiger partial charge is 0.241 e. The highest BCUT2D eigenvalue weighted by Gasteiger charge is 2.12. The fourth-order valence-electron chi connectivity index (χ4n) is 1.30. The molecule has 0 aliphatic heterocycles. The highest BCUT2D eigenvalue weighted by molar-refractivity contribution is 7.90. The molecule has 17 heavy (non-hydrogen) atoms. The van der Waals surface area contributed by atoms with Gasteiger partial charge in [0, 0.05) is 7.05 Å². The zero-order valence-corrected chi connectivity index (χ0v) is 11.0. The predicted molar refractivity (Wildman–Crippen MR) is 65.0 cm³/mol. The first-order valence-corrected chi connectivity index (χ1v) is 7.11.